The first-order valence-corrected chi connectivity index (χ1v) is 5.43. The average molecular weight is 278 g/mol. The number of halogens is 1. The van der Waals surface area contributed by atoms with E-state index in [-0.39, 0.29) is 12.2 Å². The standard InChI is InChI=1S/C9H12BrNO4/c1-14-8-5-7(6-10)3-4-9(8,15-2)11(12)13/h3,5H,4,6H2,1-2H3. The topological polar surface area (TPSA) is 61.6 Å². The van der Waals surface area contributed by atoms with Crippen molar-refractivity contribution >= 4 is 15.9 Å². The summed E-state index contributed by atoms with van der Waals surface area (Å²) in [7, 11) is 2.71. The lowest BCUT2D eigenvalue weighted by Gasteiger charge is -2.26. The quantitative estimate of drug-likeness (QED) is 0.341. The Hall–Kier alpha value is -0.880. The van der Waals surface area contributed by atoms with Crippen LogP contribution in [0.15, 0.2) is 23.5 Å². The minimum absolute atomic E-state index is 0.178. The van der Waals surface area contributed by atoms with Gasteiger partial charge in [-0.15, -0.1) is 0 Å². The molecule has 0 fully saturated rings. The van der Waals surface area contributed by atoms with E-state index in [4.69, 9.17) is 9.47 Å². The summed E-state index contributed by atoms with van der Waals surface area (Å²) in [5, 5.41) is 11.6. The van der Waals surface area contributed by atoms with Crippen LogP contribution in [0.4, 0.5) is 0 Å². The molecule has 6 heteroatoms. The number of rotatable bonds is 4. The molecule has 0 saturated heterocycles. The minimum Gasteiger partial charge on any atom is -0.492 e. The number of nitro groups is 1. The van der Waals surface area contributed by atoms with Crippen molar-refractivity contribution < 1.29 is 14.4 Å². The molecule has 1 atom stereocenters. The number of hydrogen-bond donors (Lipinski definition) is 0. The predicted octanol–water partition coefficient (Wildman–Crippen LogP) is 1.86. The molecule has 0 saturated carbocycles. The lowest BCUT2D eigenvalue weighted by atomic mass is 9.98. The lowest BCUT2D eigenvalue weighted by molar-refractivity contribution is -0.618. The molecule has 0 N–H and O–H groups in total. The molecule has 15 heavy (non-hydrogen) atoms. The summed E-state index contributed by atoms with van der Waals surface area (Å²) in [4.78, 5) is 10.5. The summed E-state index contributed by atoms with van der Waals surface area (Å²) in [6.45, 7) is 0. The zero-order valence-corrected chi connectivity index (χ0v) is 10.1. The third kappa shape index (κ3) is 2.05. The lowest BCUT2D eigenvalue weighted by Crippen LogP contribution is -2.44. The Balaban J connectivity index is 3.10. The van der Waals surface area contributed by atoms with Crippen molar-refractivity contribution in [1.29, 1.82) is 0 Å². The number of allylic oxidation sites excluding steroid dienone is 2. The van der Waals surface area contributed by atoms with Crippen LogP contribution in [0.3, 0.4) is 0 Å². The Morgan fingerprint density at radius 1 is 1.67 bits per heavy atom. The van der Waals surface area contributed by atoms with Gasteiger partial charge in [0.05, 0.1) is 18.5 Å². The van der Waals surface area contributed by atoms with Gasteiger partial charge in [0.15, 0.2) is 0 Å². The van der Waals surface area contributed by atoms with Crippen LogP contribution in [0.1, 0.15) is 6.42 Å². The van der Waals surface area contributed by atoms with Crippen molar-refractivity contribution in [2.75, 3.05) is 19.5 Å². The van der Waals surface area contributed by atoms with E-state index in [1.54, 1.807) is 12.2 Å². The zero-order chi connectivity index (χ0) is 11.5. The van der Waals surface area contributed by atoms with Gasteiger partial charge >= 0.3 is 5.72 Å². The van der Waals surface area contributed by atoms with Gasteiger partial charge in [-0.1, -0.05) is 22.0 Å². The maximum absolute atomic E-state index is 11.0. The molecule has 0 aliphatic heterocycles. The van der Waals surface area contributed by atoms with Crippen molar-refractivity contribution in [2.24, 2.45) is 0 Å². The number of ether oxygens (including phenoxy) is 2. The maximum atomic E-state index is 11.0. The number of hydrogen-bond acceptors (Lipinski definition) is 4. The summed E-state index contributed by atoms with van der Waals surface area (Å²) in [5.41, 5.74) is -0.623. The molecule has 0 radical (unpaired) electrons. The summed E-state index contributed by atoms with van der Waals surface area (Å²) < 4.78 is 10.0. The Morgan fingerprint density at radius 2 is 2.33 bits per heavy atom. The molecule has 84 valence electrons. The summed E-state index contributed by atoms with van der Waals surface area (Å²) in [6.07, 6.45) is 3.57. The van der Waals surface area contributed by atoms with Crippen molar-refractivity contribution in [1.82, 2.24) is 0 Å². The molecule has 1 aliphatic carbocycles. The van der Waals surface area contributed by atoms with E-state index in [9.17, 15) is 10.1 Å². The maximum Gasteiger partial charge on any atom is 0.386 e. The molecule has 5 nitrogen and oxygen atoms in total. The van der Waals surface area contributed by atoms with Crippen LogP contribution < -0.4 is 0 Å². The Labute approximate surface area is 96.0 Å². The normalized spacial score (nSPS) is 25.5. The fourth-order valence-corrected chi connectivity index (χ4v) is 1.84. The van der Waals surface area contributed by atoms with Gasteiger partial charge in [0, 0.05) is 12.4 Å². The second kappa shape index (κ2) is 4.76. The summed E-state index contributed by atoms with van der Waals surface area (Å²) >= 11 is 3.28. The van der Waals surface area contributed by atoms with E-state index in [0.29, 0.717) is 5.33 Å². The fraction of sp³-hybridized carbons (Fsp3) is 0.556. The Morgan fingerprint density at radius 3 is 2.73 bits per heavy atom. The molecule has 0 spiro atoms. The van der Waals surface area contributed by atoms with E-state index in [2.05, 4.69) is 15.9 Å². The first kappa shape index (κ1) is 12.2. The second-order valence-corrected chi connectivity index (χ2v) is 3.64. The molecule has 1 aliphatic rings. The Kier molecular flexibility index (Phi) is 3.87. The summed E-state index contributed by atoms with van der Waals surface area (Å²) in [5.74, 6) is 0.229. The number of nitrogens with zero attached hydrogens (tertiary/aromatic N) is 1. The van der Waals surface area contributed by atoms with Gasteiger partial charge < -0.3 is 9.47 Å². The highest BCUT2D eigenvalue weighted by atomic mass is 79.9. The van der Waals surface area contributed by atoms with Crippen molar-refractivity contribution in [3.63, 3.8) is 0 Å². The molecule has 0 heterocycles. The van der Waals surface area contributed by atoms with E-state index in [1.807, 2.05) is 0 Å². The molecule has 0 aromatic rings. The Bertz CT molecular complexity index is 326. The highest BCUT2D eigenvalue weighted by Crippen LogP contribution is 2.32. The third-order valence-corrected chi connectivity index (χ3v) is 3.00. The smallest absolute Gasteiger partial charge is 0.386 e. The molecule has 0 aromatic carbocycles. The number of methoxy groups -OCH3 is 2. The van der Waals surface area contributed by atoms with Gasteiger partial charge in [-0.25, -0.2) is 0 Å². The zero-order valence-electron chi connectivity index (χ0n) is 8.53. The van der Waals surface area contributed by atoms with Crippen LogP contribution in [0.2, 0.25) is 0 Å². The molecular weight excluding hydrogens is 266 g/mol. The summed E-state index contributed by atoms with van der Waals surface area (Å²) in [6, 6.07) is 0. The van der Waals surface area contributed by atoms with Gasteiger partial charge in [-0.3, -0.25) is 10.1 Å². The van der Waals surface area contributed by atoms with Gasteiger partial charge in [0.1, 0.15) is 0 Å². The van der Waals surface area contributed by atoms with Crippen molar-refractivity contribution in [2.45, 2.75) is 12.1 Å². The SMILES string of the molecule is COC1=CC(CBr)=CCC1(OC)[N+](=O)[O-]. The van der Waals surface area contributed by atoms with E-state index < -0.39 is 10.6 Å². The molecule has 0 aromatic heterocycles. The minimum atomic E-state index is -1.57. The predicted molar refractivity (Wildman–Crippen MR) is 58.3 cm³/mol. The number of alkyl halides is 1. The second-order valence-electron chi connectivity index (χ2n) is 3.08. The van der Waals surface area contributed by atoms with Crippen molar-refractivity contribution in [3.05, 3.63) is 33.6 Å². The van der Waals surface area contributed by atoms with E-state index in [1.165, 1.54) is 14.2 Å². The van der Waals surface area contributed by atoms with Crippen LogP contribution in [0.25, 0.3) is 0 Å². The molecule has 1 unspecified atom stereocenters. The fourth-order valence-electron chi connectivity index (χ4n) is 1.44. The van der Waals surface area contributed by atoms with E-state index >= 15 is 0 Å². The van der Waals surface area contributed by atoms with Crippen molar-refractivity contribution in [3.8, 4) is 0 Å². The van der Waals surface area contributed by atoms with Crippen LogP contribution in [-0.4, -0.2) is 30.2 Å². The molecule has 1 rings (SSSR count). The molecule has 0 amide bonds. The van der Waals surface area contributed by atoms with Crippen LogP contribution in [0.5, 0.6) is 0 Å². The van der Waals surface area contributed by atoms with Crippen LogP contribution in [0, 0.1) is 10.1 Å². The monoisotopic (exact) mass is 277 g/mol. The highest BCUT2D eigenvalue weighted by Gasteiger charge is 2.49. The van der Waals surface area contributed by atoms with Gasteiger partial charge in [-0.05, 0) is 11.6 Å². The first-order chi connectivity index (χ1) is 7.10. The van der Waals surface area contributed by atoms with Gasteiger partial charge in [-0.2, -0.15) is 0 Å². The molecular formula is C9H12BrNO4. The highest BCUT2D eigenvalue weighted by molar-refractivity contribution is 9.09. The van der Waals surface area contributed by atoms with Gasteiger partial charge in [0.2, 0.25) is 5.76 Å². The molecule has 0 bridgehead atoms. The van der Waals surface area contributed by atoms with E-state index in [0.717, 1.165) is 5.57 Å². The van der Waals surface area contributed by atoms with Crippen LogP contribution >= 0.6 is 15.9 Å². The first-order valence-electron chi connectivity index (χ1n) is 4.31. The van der Waals surface area contributed by atoms with Gasteiger partial charge in [0.25, 0.3) is 0 Å². The van der Waals surface area contributed by atoms with Crippen LogP contribution in [-0.2, 0) is 9.47 Å². The largest absolute Gasteiger partial charge is 0.492 e. The third-order valence-electron chi connectivity index (χ3n) is 2.35. The average Bonchev–Trinajstić information content (AvgIpc) is 2.27.